The Labute approximate surface area is 140 Å². The summed E-state index contributed by atoms with van der Waals surface area (Å²) in [4.78, 5) is 12.2. The van der Waals surface area contributed by atoms with E-state index in [9.17, 15) is 4.79 Å². The van der Waals surface area contributed by atoms with Crippen molar-refractivity contribution in [3.63, 3.8) is 0 Å². The van der Waals surface area contributed by atoms with Crippen molar-refractivity contribution in [2.24, 2.45) is 10.2 Å². The van der Waals surface area contributed by atoms with Crippen LogP contribution in [0, 0.1) is 6.92 Å². The Morgan fingerprint density at radius 2 is 1.50 bits per heavy atom. The van der Waals surface area contributed by atoms with Gasteiger partial charge in [-0.3, -0.25) is 0 Å². The maximum atomic E-state index is 12.2. The van der Waals surface area contributed by atoms with Crippen molar-refractivity contribution in [1.29, 1.82) is 0 Å². The smallest absolute Gasteiger partial charge is 0.343 e. The van der Waals surface area contributed by atoms with Crippen LogP contribution in [0.4, 0.5) is 11.4 Å². The minimum atomic E-state index is -0.393. The van der Waals surface area contributed by atoms with Gasteiger partial charge in [-0.25, -0.2) is 4.79 Å². The topological polar surface area (TPSA) is 51.0 Å². The van der Waals surface area contributed by atoms with Crippen molar-refractivity contribution in [3.05, 3.63) is 90.0 Å². The van der Waals surface area contributed by atoms with Crippen molar-refractivity contribution < 1.29 is 9.53 Å². The van der Waals surface area contributed by atoms with Crippen LogP contribution in [0.3, 0.4) is 0 Å². The SMILES string of the molecule is Cc1cc(C(=O)Oc2ccccc2)ccc1N=Nc1ccccc1. The first-order valence-electron chi connectivity index (χ1n) is 7.57. The summed E-state index contributed by atoms with van der Waals surface area (Å²) in [6.45, 7) is 1.89. The average molecular weight is 316 g/mol. The molecule has 0 bridgehead atoms. The highest BCUT2D eigenvalue weighted by Gasteiger charge is 2.10. The molecule has 0 aliphatic heterocycles. The number of azo groups is 1. The van der Waals surface area contributed by atoms with Gasteiger partial charge in [-0.2, -0.15) is 10.2 Å². The molecular formula is C20H16N2O2. The molecule has 3 aromatic carbocycles. The van der Waals surface area contributed by atoms with Gasteiger partial charge in [0.15, 0.2) is 0 Å². The number of rotatable bonds is 4. The summed E-state index contributed by atoms with van der Waals surface area (Å²) in [7, 11) is 0. The Hall–Kier alpha value is -3.27. The standard InChI is InChI=1S/C20H16N2O2/c1-15-14-16(20(23)24-18-10-6-3-7-11-18)12-13-19(15)22-21-17-8-4-2-5-9-17/h2-14H,1H3. The first-order valence-corrected chi connectivity index (χ1v) is 7.57. The van der Waals surface area contributed by atoms with Crippen molar-refractivity contribution >= 4 is 17.3 Å². The second-order valence-corrected chi connectivity index (χ2v) is 5.24. The highest BCUT2D eigenvalue weighted by molar-refractivity contribution is 5.91. The molecule has 0 aromatic heterocycles. The fourth-order valence-electron chi connectivity index (χ4n) is 2.16. The summed E-state index contributed by atoms with van der Waals surface area (Å²) in [5.74, 6) is 0.129. The highest BCUT2D eigenvalue weighted by Crippen LogP contribution is 2.23. The number of carbonyl (C=O) groups is 1. The summed E-state index contributed by atoms with van der Waals surface area (Å²) >= 11 is 0. The van der Waals surface area contributed by atoms with Gasteiger partial charge in [0.25, 0.3) is 0 Å². The fourth-order valence-corrected chi connectivity index (χ4v) is 2.16. The number of ether oxygens (including phenoxy) is 1. The number of aryl methyl sites for hydroxylation is 1. The monoisotopic (exact) mass is 316 g/mol. The number of hydrogen-bond donors (Lipinski definition) is 0. The van der Waals surface area contributed by atoms with Crippen molar-refractivity contribution in [2.45, 2.75) is 6.92 Å². The van der Waals surface area contributed by atoms with Crippen LogP contribution in [0.15, 0.2) is 89.1 Å². The summed E-state index contributed by atoms with van der Waals surface area (Å²) < 4.78 is 5.33. The highest BCUT2D eigenvalue weighted by atomic mass is 16.5. The fraction of sp³-hybridized carbons (Fsp3) is 0.0500. The minimum absolute atomic E-state index is 0.393. The Morgan fingerprint density at radius 1 is 0.833 bits per heavy atom. The Bertz CT molecular complexity index is 859. The van der Waals surface area contributed by atoms with Crippen LogP contribution in [0.2, 0.25) is 0 Å². The molecule has 4 nitrogen and oxygen atoms in total. The second-order valence-electron chi connectivity index (χ2n) is 5.24. The first-order chi connectivity index (χ1) is 11.7. The number of benzene rings is 3. The van der Waals surface area contributed by atoms with Gasteiger partial charge in [0.1, 0.15) is 5.75 Å². The predicted octanol–water partition coefficient (Wildman–Crippen LogP) is 5.63. The molecule has 0 atom stereocenters. The van der Waals surface area contributed by atoms with E-state index in [0.29, 0.717) is 11.3 Å². The van der Waals surface area contributed by atoms with E-state index < -0.39 is 5.97 Å². The molecule has 0 N–H and O–H groups in total. The van der Waals surface area contributed by atoms with Crippen LogP contribution >= 0.6 is 0 Å². The van der Waals surface area contributed by atoms with Gasteiger partial charge < -0.3 is 4.74 Å². The normalized spacial score (nSPS) is 10.7. The lowest BCUT2D eigenvalue weighted by Gasteiger charge is -2.06. The van der Waals surface area contributed by atoms with Crippen LogP contribution in [0.25, 0.3) is 0 Å². The molecule has 0 aliphatic rings. The molecule has 0 unspecified atom stereocenters. The second kappa shape index (κ2) is 7.33. The summed E-state index contributed by atoms with van der Waals surface area (Å²) in [5, 5.41) is 8.42. The molecule has 4 heteroatoms. The molecule has 0 saturated heterocycles. The van der Waals surface area contributed by atoms with Gasteiger partial charge in [-0.05, 0) is 55.0 Å². The zero-order valence-corrected chi connectivity index (χ0v) is 13.2. The van der Waals surface area contributed by atoms with Crippen LogP contribution < -0.4 is 4.74 Å². The van der Waals surface area contributed by atoms with E-state index in [1.54, 1.807) is 30.3 Å². The quantitative estimate of drug-likeness (QED) is 0.356. The Morgan fingerprint density at radius 3 is 2.17 bits per heavy atom. The van der Waals surface area contributed by atoms with E-state index in [2.05, 4.69) is 10.2 Å². The molecule has 0 aliphatic carbocycles. The third-order valence-electron chi connectivity index (χ3n) is 3.42. The van der Waals surface area contributed by atoms with Crippen LogP contribution in [0.1, 0.15) is 15.9 Å². The van der Waals surface area contributed by atoms with Crippen LogP contribution in [-0.4, -0.2) is 5.97 Å². The van der Waals surface area contributed by atoms with Gasteiger partial charge in [-0.15, -0.1) is 0 Å². The van der Waals surface area contributed by atoms with Crippen LogP contribution in [0.5, 0.6) is 5.75 Å². The molecule has 0 amide bonds. The predicted molar refractivity (Wildman–Crippen MR) is 93.2 cm³/mol. The molecule has 0 heterocycles. The van der Waals surface area contributed by atoms with Crippen molar-refractivity contribution in [3.8, 4) is 5.75 Å². The van der Waals surface area contributed by atoms with Crippen LogP contribution in [-0.2, 0) is 0 Å². The number of carbonyl (C=O) groups excluding carboxylic acids is 1. The molecule has 24 heavy (non-hydrogen) atoms. The van der Waals surface area contributed by atoms with Gasteiger partial charge in [0, 0.05) is 0 Å². The van der Waals surface area contributed by atoms with Gasteiger partial charge in [0.2, 0.25) is 0 Å². The maximum absolute atomic E-state index is 12.2. The number of para-hydroxylation sites is 1. The minimum Gasteiger partial charge on any atom is -0.423 e. The molecule has 0 saturated carbocycles. The van der Waals surface area contributed by atoms with E-state index in [1.807, 2.05) is 55.5 Å². The van der Waals surface area contributed by atoms with Gasteiger partial charge in [-0.1, -0.05) is 36.4 Å². The number of esters is 1. The lowest BCUT2D eigenvalue weighted by molar-refractivity contribution is 0.0734. The maximum Gasteiger partial charge on any atom is 0.343 e. The lowest BCUT2D eigenvalue weighted by Crippen LogP contribution is -2.08. The summed E-state index contributed by atoms with van der Waals surface area (Å²) in [5.41, 5.74) is 2.84. The zero-order valence-electron chi connectivity index (χ0n) is 13.2. The van der Waals surface area contributed by atoms with E-state index in [-0.39, 0.29) is 0 Å². The zero-order chi connectivity index (χ0) is 16.8. The third-order valence-corrected chi connectivity index (χ3v) is 3.42. The Kier molecular flexibility index (Phi) is 4.77. The van der Waals surface area contributed by atoms with E-state index >= 15 is 0 Å². The largest absolute Gasteiger partial charge is 0.423 e. The molecule has 3 aromatic rings. The summed E-state index contributed by atoms with van der Waals surface area (Å²) in [6, 6.07) is 23.7. The number of nitrogens with zero attached hydrogens (tertiary/aromatic N) is 2. The first kappa shape index (κ1) is 15.6. The van der Waals surface area contributed by atoms with Crippen molar-refractivity contribution in [2.75, 3.05) is 0 Å². The van der Waals surface area contributed by atoms with E-state index in [1.165, 1.54) is 0 Å². The molecule has 3 rings (SSSR count). The molecule has 0 fully saturated rings. The third kappa shape index (κ3) is 3.93. The average Bonchev–Trinajstić information content (AvgIpc) is 2.62. The summed E-state index contributed by atoms with van der Waals surface area (Å²) in [6.07, 6.45) is 0. The molecule has 118 valence electrons. The number of hydrogen-bond acceptors (Lipinski definition) is 4. The van der Waals surface area contributed by atoms with Crippen molar-refractivity contribution in [1.82, 2.24) is 0 Å². The lowest BCUT2D eigenvalue weighted by atomic mass is 10.1. The van der Waals surface area contributed by atoms with Gasteiger partial charge in [0.05, 0.1) is 16.9 Å². The molecule has 0 radical (unpaired) electrons. The molecular weight excluding hydrogens is 300 g/mol. The van der Waals surface area contributed by atoms with E-state index in [0.717, 1.165) is 16.9 Å². The Balaban J connectivity index is 1.75. The van der Waals surface area contributed by atoms with E-state index in [4.69, 9.17) is 4.74 Å². The van der Waals surface area contributed by atoms with Gasteiger partial charge >= 0.3 is 5.97 Å². The molecule has 0 spiro atoms.